The van der Waals surface area contributed by atoms with Crippen molar-refractivity contribution in [1.29, 1.82) is 0 Å². The Labute approximate surface area is 77.6 Å². The van der Waals surface area contributed by atoms with Crippen molar-refractivity contribution in [2.75, 3.05) is 0 Å². The number of carbonyl (C=O) groups is 1. The highest BCUT2D eigenvalue weighted by atomic mass is 16.4. The van der Waals surface area contributed by atoms with Gasteiger partial charge in [-0.05, 0) is 6.92 Å². The number of hydrogen-bond donors (Lipinski definition) is 3. The summed E-state index contributed by atoms with van der Waals surface area (Å²) in [5, 5.41) is 15.0. The molecule has 0 unspecified atom stereocenters. The second-order valence-electron chi connectivity index (χ2n) is 2.91. The smallest absolute Gasteiger partial charge is 0.341 e. The van der Waals surface area contributed by atoms with Gasteiger partial charge in [0.05, 0.1) is 11.2 Å². The van der Waals surface area contributed by atoms with Crippen LogP contribution in [-0.2, 0) is 0 Å². The van der Waals surface area contributed by atoms with Crippen molar-refractivity contribution in [1.82, 2.24) is 15.2 Å². The molecule has 2 heterocycles. The molecule has 0 spiro atoms. The van der Waals surface area contributed by atoms with Crippen LogP contribution in [0, 0.1) is 6.92 Å². The predicted molar refractivity (Wildman–Crippen MR) is 48.4 cm³/mol. The number of aromatic amines is 2. The molecule has 0 atom stereocenters. The molecule has 0 bridgehead atoms. The molecule has 6 nitrogen and oxygen atoms in total. The van der Waals surface area contributed by atoms with Crippen molar-refractivity contribution >= 4 is 17.0 Å². The van der Waals surface area contributed by atoms with Gasteiger partial charge in [-0.15, -0.1) is 0 Å². The molecular weight excluding hydrogens is 186 g/mol. The van der Waals surface area contributed by atoms with Crippen molar-refractivity contribution in [3.8, 4) is 0 Å². The average Bonchev–Trinajstić information content (AvgIpc) is 2.49. The average molecular weight is 193 g/mol. The summed E-state index contributed by atoms with van der Waals surface area (Å²) in [6.45, 7) is 1.74. The number of nitrogens with one attached hydrogen (secondary N) is 2. The summed E-state index contributed by atoms with van der Waals surface area (Å²) in [6.07, 6.45) is 1.18. The zero-order valence-corrected chi connectivity index (χ0v) is 7.29. The molecular formula is C8H7N3O3. The molecule has 0 aromatic carbocycles. The minimum atomic E-state index is -1.26. The molecule has 0 saturated carbocycles. The Kier molecular flexibility index (Phi) is 1.63. The number of aryl methyl sites for hydroxylation is 1. The number of pyridine rings is 1. The lowest BCUT2D eigenvalue weighted by atomic mass is 10.2. The van der Waals surface area contributed by atoms with Gasteiger partial charge in [-0.2, -0.15) is 5.10 Å². The quantitative estimate of drug-likeness (QED) is 0.604. The molecule has 6 heteroatoms. The second-order valence-corrected chi connectivity index (χ2v) is 2.91. The molecule has 2 aromatic rings. The first-order chi connectivity index (χ1) is 6.61. The minimum absolute atomic E-state index is 0.127. The van der Waals surface area contributed by atoms with Crippen LogP contribution in [0.5, 0.6) is 0 Å². The molecule has 0 radical (unpaired) electrons. The third kappa shape index (κ3) is 1.00. The van der Waals surface area contributed by atoms with E-state index in [1.54, 1.807) is 6.92 Å². The Balaban J connectivity index is 2.90. The van der Waals surface area contributed by atoms with Crippen molar-refractivity contribution < 1.29 is 9.90 Å². The van der Waals surface area contributed by atoms with Crippen LogP contribution in [-0.4, -0.2) is 26.3 Å². The number of nitrogens with zero attached hydrogens (tertiary/aromatic N) is 1. The van der Waals surface area contributed by atoms with Crippen LogP contribution < -0.4 is 5.43 Å². The van der Waals surface area contributed by atoms with E-state index >= 15 is 0 Å². The highest BCUT2D eigenvalue weighted by Gasteiger charge is 2.13. The van der Waals surface area contributed by atoms with Gasteiger partial charge < -0.3 is 10.1 Å². The lowest BCUT2D eigenvalue weighted by Gasteiger charge is -1.93. The number of aromatic carboxylic acids is 1. The van der Waals surface area contributed by atoms with E-state index in [4.69, 9.17) is 5.11 Å². The maximum atomic E-state index is 11.5. The maximum Gasteiger partial charge on any atom is 0.341 e. The van der Waals surface area contributed by atoms with Gasteiger partial charge in [-0.25, -0.2) is 4.79 Å². The minimum Gasteiger partial charge on any atom is -0.477 e. The predicted octanol–water partition coefficient (Wildman–Crippen LogP) is 0.258. The summed E-state index contributed by atoms with van der Waals surface area (Å²) >= 11 is 0. The topological polar surface area (TPSA) is 98.8 Å². The van der Waals surface area contributed by atoms with E-state index in [9.17, 15) is 9.59 Å². The number of rotatable bonds is 1. The fourth-order valence-corrected chi connectivity index (χ4v) is 1.27. The first kappa shape index (κ1) is 8.49. The molecule has 0 fully saturated rings. The van der Waals surface area contributed by atoms with Crippen LogP contribution >= 0.6 is 0 Å². The summed E-state index contributed by atoms with van der Waals surface area (Å²) in [4.78, 5) is 24.8. The summed E-state index contributed by atoms with van der Waals surface area (Å²) < 4.78 is 0. The van der Waals surface area contributed by atoms with E-state index in [0.29, 0.717) is 11.2 Å². The molecule has 0 aliphatic rings. The van der Waals surface area contributed by atoms with Crippen LogP contribution in [0.2, 0.25) is 0 Å². The third-order valence-corrected chi connectivity index (χ3v) is 2.00. The van der Waals surface area contributed by atoms with Gasteiger partial charge in [0.25, 0.3) is 0 Å². The summed E-state index contributed by atoms with van der Waals surface area (Å²) in [7, 11) is 0. The van der Waals surface area contributed by atoms with Crippen LogP contribution in [0.3, 0.4) is 0 Å². The van der Waals surface area contributed by atoms with E-state index in [-0.39, 0.29) is 11.1 Å². The van der Waals surface area contributed by atoms with E-state index in [2.05, 4.69) is 15.2 Å². The SMILES string of the molecule is Cc1[nH]nc2c(=O)c(C(=O)O)c[nH]c12. The van der Waals surface area contributed by atoms with Crippen LogP contribution in [0.15, 0.2) is 11.0 Å². The van der Waals surface area contributed by atoms with E-state index in [1.165, 1.54) is 6.20 Å². The lowest BCUT2D eigenvalue weighted by molar-refractivity contribution is 0.0695. The van der Waals surface area contributed by atoms with Crippen molar-refractivity contribution in [2.24, 2.45) is 0 Å². The Morgan fingerprint density at radius 1 is 1.57 bits per heavy atom. The Morgan fingerprint density at radius 3 is 2.93 bits per heavy atom. The zero-order valence-electron chi connectivity index (χ0n) is 7.29. The molecule has 3 N–H and O–H groups in total. The molecule has 0 aliphatic heterocycles. The second kappa shape index (κ2) is 2.69. The van der Waals surface area contributed by atoms with Gasteiger partial charge in [0.2, 0.25) is 5.43 Å². The summed E-state index contributed by atoms with van der Waals surface area (Å²) in [6, 6.07) is 0. The van der Waals surface area contributed by atoms with Gasteiger partial charge in [0, 0.05) is 6.20 Å². The monoisotopic (exact) mass is 193 g/mol. The van der Waals surface area contributed by atoms with Crippen LogP contribution in [0.25, 0.3) is 11.0 Å². The van der Waals surface area contributed by atoms with Gasteiger partial charge in [-0.1, -0.05) is 0 Å². The summed E-state index contributed by atoms with van der Waals surface area (Å²) in [5.41, 5.74) is 0.496. The van der Waals surface area contributed by atoms with Crippen molar-refractivity contribution in [3.05, 3.63) is 27.7 Å². The zero-order chi connectivity index (χ0) is 10.3. The molecule has 14 heavy (non-hydrogen) atoms. The lowest BCUT2D eigenvalue weighted by Crippen LogP contribution is -2.15. The third-order valence-electron chi connectivity index (χ3n) is 2.00. The van der Waals surface area contributed by atoms with Crippen molar-refractivity contribution in [2.45, 2.75) is 6.92 Å². The number of H-pyrrole nitrogens is 2. The molecule has 0 saturated heterocycles. The van der Waals surface area contributed by atoms with Gasteiger partial charge >= 0.3 is 5.97 Å². The van der Waals surface area contributed by atoms with Crippen molar-refractivity contribution in [3.63, 3.8) is 0 Å². The summed E-state index contributed by atoms with van der Waals surface area (Å²) in [5.74, 6) is -1.26. The number of carboxylic acids is 1. The Bertz CT molecular complexity index is 567. The van der Waals surface area contributed by atoms with E-state index < -0.39 is 11.4 Å². The molecule has 0 amide bonds. The fourth-order valence-electron chi connectivity index (χ4n) is 1.27. The fraction of sp³-hybridized carbons (Fsp3) is 0.125. The number of carboxylic acid groups (broad SMARTS) is 1. The molecule has 2 rings (SSSR count). The van der Waals surface area contributed by atoms with E-state index in [0.717, 1.165) is 0 Å². The van der Waals surface area contributed by atoms with Gasteiger partial charge in [0.1, 0.15) is 5.56 Å². The van der Waals surface area contributed by atoms with E-state index in [1.807, 2.05) is 0 Å². The largest absolute Gasteiger partial charge is 0.477 e. The first-order valence-corrected chi connectivity index (χ1v) is 3.91. The Morgan fingerprint density at radius 2 is 2.29 bits per heavy atom. The molecule has 72 valence electrons. The molecule has 0 aliphatic carbocycles. The number of aromatic nitrogens is 3. The highest BCUT2D eigenvalue weighted by molar-refractivity contribution is 5.91. The standard InChI is InChI=1S/C8H7N3O3/c1-3-5-6(11-10-3)7(12)4(2-9-5)8(13)14/h2H,1H3,(H,9,12)(H,10,11)(H,13,14). The normalized spacial score (nSPS) is 10.6. The van der Waals surface area contributed by atoms with Crippen LogP contribution in [0.1, 0.15) is 16.1 Å². The van der Waals surface area contributed by atoms with Gasteiger partial charge in [0.15, 0.2) is 5.52 Å². The molecule has 2 aromatic heterocycles. The first-order valence-electron chi connectivity index (χ1n) is 3.91. The number of hydrogen-bond acceptors (Lipinski definition) is 3. The highest BCUT2D eigenvalue weighted by Crippen LogP contribution is 2.08. The maximum absolute atomic E-state index is 11.5. The number of fused-ring (bicyclic) bond motifs is 1. The van der Waals surface area contributed by atoms with Gasteiger partial charge in [-0.3, -0.25) is 9.89 Å². The van der Waals surface area contributed by atoms with Crippen LogP contribution in [0.4, 0.5) is 0 Å². The Hall–Kier alpha value is -2.11.